The lowest BCUT2D eigenvalue weighted by Crippen LogP contribution is -2.09. The van der Waals surface area contributed by atoms with Gasteiger partial charge in [0.2, 0.25) is 5.91 Å². The van der Waals surface area contributed by atoms with Gasteiger partial charge in [-0.3, -0.25) is 9.59 Å². The number of hydrogen-bond acceptors (Lipinski definition) is 3. The average Bonchev–Trinajstić information content (AvgIpc) is 2.22. The number of ether oxygens (including phenoxy) is 1. The zero-order valence-electron chi connectivity index (χ0n) is 9.04. The van der Waals surface area contributed by atoms with Crippen LogP contribution in [-0.2, 0) is 9.59 Å². The SMILES string of the molecule is CCC(=O)Oc1ccc(F)c(NC(C)=O)c1.[HH]. The van der Waals surface area contributed by atoms with Crippen molar-refractivity contribution in [1.82, 2.24) is 0 Å². The molecular formula is C11H14FNO3. The molecule has 0 heterocycles. The molecule has 0 fully saturated rings. The van der Waals surface area contributed by atoms with Gasteiger partial charge in [0.05, 0.1) is 5.69 Å². The Labute approximate surface area is 93.9 Å². The fourth-order valence-corrected chi connectivity index (χ4v) is 1.06. The fourth-order valence-electron chi connectivity index (χ4n) is 1.06. The lowest BCUT2D eigenvalue weighted by Gasteiger charge is -2.07. The Balaban J connectivity index is 0.00000256. The summed E-state index contributed by atoms with van der Waals surface area (Å²) in [7, 11) is 0. The Hall–Kier alpha value is -1.91. The van der Waals surface area contributed by atoms with E-state index in [9.17, 15) is 14.0 Å². The van der Waals surface area contributed by atoms with Crippen LogP contribution in [-0.4, -0.2) is 11.9 Å². The minimum atomic E-state index is -0.577. The van der Waals surface area contributed by atoms with E-state index in [1.54, 1.807) is 6.92 Å². The first kappa shape index (κ1) is 12.2. The van der Waals surface area contributed by atoms with Crippen molar-refractivity contribution in [2.75, 3.05) is 5.32 Å². The summed E-state index contributed by atoms with van der Waals surface area (Å²) in [5.74, 6) is -1.18. The fraction of sp³-hybridized carbons (Fsp3) is 0.273. The Morgan fingerprint density at radius 1 is 1.50 bits per heavy atom. The van der Waals surface area contributed by atoms with E-state index in [-0.39, 0.29) is 19.3 Å². The molecule has 4 nitrogen and oxygen atoms in total. The number of hydrogen-bond donors (Lipinski definition) is 1. The van der Waals surface area contributed by atoms with Crippen LogP contribution >= 0.6 is 0 Å². The van der Waals surface area contributed by atoms with Crippen molar-refractivity contribution in [3.05, 3.63) is 24.0 Å². The van der Waals surface area contributed by atoms with E-state index in [1.165, 1.54) is 19.1 Å². The third kappa shape index (κ3) is 3.34. The van der Waals surface area contributed by atoms with Crippen molar-refractivity contribution in [3.63, 3.8) is 0 Å². The zero-order valence-corrected chi connectivity index (χ0v) is 9.04. The van der Waals surface area contributed by atoms with Gasteiger partial charge in [0.15, 0.2) is 0 Å². The first-order chi connectivity index (χ1) is 7.52. The van der Waals surface area contributed by atoms with Gasteiger partial charge in [0, 0.05) is 20.8 Å². The molecule has 1 aromatic carbocycles. The molecule has 0 unspecified atom stereocenters. The summed E-state index contributed by atoms with van der Waals surface area (Å²) in [6.45, 7) is 2.92. The maximum absolute atomic E-state index is 13.2. The van der Waals surface area contributed by atoms with Crippen LogP contribution < -0.4 is 10.1 Å². The first-order valence-corrected chi connectivity index (χ1v) is 4.80. The van der Waals surface area contributed by atoms with Crippen molar-refractivity contribution < 1.29 is 20.1 Å². The highest BCUT2D eigenvalue weighted by Gasteiger charge is 2.07. The van der Waals surface area contributed by atoms with E-state index in [0.717, 1.165) is 6.07 Å². The predicted molar refractivity (Wildman–Crippen MR) is 58.7 cm³/mol. The summed E-state index contributed by atoms with van der Waals surface area (Å²) < 4.78 is 18.1. The largest absolute Gasteiger partial charge is 0.426 e. The van der Waals surface area contributed by atoms with Crippen molar-refractivity contribution in [2.24, 2.45) is 0 Å². The molecule has 0 saturated heterocycles. The van der Waals surface area contributed by atoms with Gasteiger partial charge in [0.25, 0.3) is 0 Å². The summed E-state index contributed by atoms with van der Waals surface area (Å²) in [6.07, 6.45) is 0.229. The van der Waals surface area contributed by atoms with E-state index >= 15 is 0 Å². The maximum Gasteiger partial charge on any atom is 0.310 e. The molecule has 0 saturated carbocycles. The molecule has 0 atom stereocenters. The zero-order chi connectivity index (χ0) is 12.1. The van der Waals surface area contributed by atoms with Crippen molar-refractivity contribution in [2.45, 2.75) is 20.3 Å². The molecule has 1 rings (SSSR count). The molecule has 0 spiro atoms. The van der Waals surface area contributed by atoms with Gasteiger partial charge in [-0.1, -0.05) is 6.92 Å². The normalized spacial score (nSPS) is 9.69. The standard InChI is InChI=1S/C11H12FNO3.H2/c1-3-11(15)16-8-4-5-9(12)10(6-8)13-7(2)14;/h4-6H,3H2,1-2H3,(H,13,14);1H. The number of amides is 1. The summed E-state index contributed by atoms with van der Waals surface area (Å²) in [5, 5.41) is 2.30. The topological polar surface area (TPSA) is 55.4 Å². The molecule has 0 aliphatic heterocycles. The van der Waals surface area contributed by atoms with Crippen LogP contribution in [0.3, 0.4) is 0 Å². The Kier molecular flexibility index (Phi) is 3.99. The van der Waals surface area contributed by atoms with Gasteiger partial charge >= 0.3 is 5.97 Å². The molecule has 5 heteroatoms. The van der Waals surface area contributed by atoms with Crippen LogP contribution in [0.15, 0.2) is 18.2 Å². The van der Waals surface area contributed by atoms with Crippen LogP contribution in [0.2, 0.25) is 0 Å². The number of rotatable bonds is 3. The molecule has 1 N–H and O–H groups in total. The smallest absolute Gasteiger partial charge is 0.310 e. The Morgan fingerprint density at radius 2 is 2.19 bits per heavy atom. The second-order valence-electron chi connectivity index (χ2n) is 3.15. The molecule has 1 amide bonds. The van der Waals surface area contributed by atoms with Gasteiger partial charge in [-0.2, -0.15) is 0 Å². The van der Waals surface area contributed by atoms with Gasteiger partial charge in [0.1, 0.15) is 11.6 Å². The highest BCUT2D eigenvalue weighted by atomic mass is 19.1. The van der Waals surface area contributed by atoms with Crippen LogP contribution in [0.1, 0.15) is 21.7 Å². The third-order valence-electron chi connectivity index (χ3n) is 1.77. The van der Waals surface area contributed by atoms with Gasteiger partial charge in [-0.25, -0.2) is 4.39 Å². The predicted octanol–water partition coefficient (Wildman–Crippen LogP) is 2.35. The molecule has 0 radical (unpaired) electrons. The van der Waals surface area contributed by atoms with Crippen molar-refractivity contribution >= 4 is 17.6 Å². The summed E-state index contributed by atoms with van der Waals surface area (Å²) in [4.78, 5) is 21.8. The van der Waals surface area contributed by atoms with E-state index in [4.69, 9.17) is 4.74 Å². The minimum absolute atomic E-state index is 0. The van der Waals surface area contributed by atoms with E-state index in [1.807, 2.05) is 0 Å². The Bertz CT molecular complexity index is 423. The lowest BCUT2D eigenvalue weighted by molar-refractivity contribution is -0.134. The van der Waals surface area contributed by atoms with Gasteiger partial charge in [-0.15, -0.1) is 0 Å². The van der Waals surface area contributed by atoms with E-state index in [0.29, 0.717) is 0 Å². The monoisotopic (exact) mass is 227 g/mol. The quantitative estimate of drug-likeness (QED) is 0.637. The minimum Gasteiger partial charge on any atom is -0.426 e. The van der Waals surface area contributed by atoms with Crippen LogP contribution in [0.5, 0.6) is 5.75 Å². The molecule has 0 bridgehead atoms. The number of esters is 1. The number of benzene rings is 1. The number of halogens is 1. The van der Waals surface area contributed by atoms with Crippen LogP contribution in [0.4, 0.5) is 10.1 Å². The highest BCUT2D eigenvalue weighted by molar-refractivity contribution is 5.89. The molecular weight excluding hydrogens is 213 g/mol. The van der Waals surface area contributed by atoms with Crippen molar-refractivity contribution in [1.29, 1.82) is 0 Å². The van der Waals surface area contributed by atoms with E-state index < -0.39 is 17.7 Å². The van der Waals surface area contributed by atoms with Crippen LogP contribution in [0.25, 0.3) is 0 Å². The molecule has 0 aromatic heterocycles. The second-order valence-corrected chi connectivity index (χ2v) is 3.15. The molecule has 88 valence electrons. The first-order valence-electron chi connectivity index (χ1n) is 4.80. The number of carbonyl (C=O) groups excluding carboxylic acids is 2. The third-order valence-corrected chi connectivity index (χ3v) is 1.77. The van der Waals surface area contributed by atoms with Crippen molar-refractivity contribution in [3.8, 4) is 5.75 Å². The molecule has 1 aromatic rings. The molecule has 0 aliphatic carbocycles. The van der Waals surface area contributed by atoms with Gasteiger partial charge in [-0.05, 0) is 12.1 Å². The number of carbonyl (C=O) groups is 2. The molecule has 0 aliphatic rings. The summed E-state index contributed by atoms with van der Waals surface area (Å²) >= 11 is 0. The molecule has 16 heavy (non-hydrogen) atoms. The number of anilines is 1. The summed E-state index contributed by atoms with van der Waals surface area (Å²) in [6, 6.07) is 3.72. The van der Waals surface area contributed by atoms with E-state index in [2.05, 4.69) is 5.32 Å². The van der Waals surface area contributed by atoms with Gasteiger partial charge < -0.3 is 10.1 Å². The number of nitrogens with one attached hydrogen (secondary N) is 1. The average molecular weight is 227 g/mol. The Morgan fingerprint density at radius 3 is 2.75 bits per heavy atom. The summed E-state index contributed by atoms with van der Waals surface area (Å²) in [5.41, 5.74) is -0.00565. The lowest BCUT2D eigenvalue weighted by atomic mass is 10.3. The highest BCUT2D eigenvalue weighted by Crippen LogP contribution is 2.21. The van der Waals surface area contributed by atoms with Crippen LogP contribution in [0, 0.1) is 5.82 Å². The maximum atomic E-state index is 13.2. The second kappa shape index (κ2) is 5.25.